The number of guanidine groups is 1. The van der Waals surface area contributed by atoms with Crippen molar-refractivity contribution in [2.45, 2.75) is 30.5 Å². The van der Waals surface area contributed by atoms with E-state index in [4.69, 9.17) is 4.99 Å². The third-order valence-electron chi connectivity index (χ3n) is 4.02. The Morgan fingerprint density at radius 1 is 1.14 bits per heavy atom. The molecule has 0 saturated carbocycles. The fourth-order valence-electron chi connectivity index (χ4n) is 2.69. The molecule has 1 aromatic heterocycles. The molecule has 0 aliphatic rings. The largest absolute Gasteiger partial charge is 0.357 e. The predicted octanol–water partition coefficient (Wildman–Crippen LogP) is 3.71. The van der Waals surface area contributed by atoms with Gasteiger partial charge in [-0.05, 0) is 30.7 Å². The second-order valence-electron chi connectivity index (χ2n) is 6.35. The lowest BCUT2D eigenvalue weighted by Crippen LogP contribution is -2.40. The Labute approximate surface area is 170 Å². The van der Waals surface area contributed by atoms with Gasteiger partial charge >= 0.3 is 0 Å². The molecule has 6 nitrogen and oxygen atoms in total. The minimum Gasteiger partial charge on any atom is -0.357 e. The number of hydrogen-bond donors (Lipinski definition) is 3. The van der Waals surface area contributed by atoms with Gasteiger partial charge in [0.2, 0.25) is 0 Å². The average molecular weight is 395 g/mol. The van der Waals surface area contributed by atoms with Crippen molar-refractivity contribution in [1.82, 2.24) is 25.8 Å². The van der Waals surface area contributed by atoms with Crippen LogP contribution in [0.25, 0.3) is 11.4 Å². The Hall–Kier alpha value is -2.80. The number of aliphatic imine (C=N–C) groups is 1. The summed E-state index contributed by atoms with van der Waals surface area (Å²) in [6, 6.07) is 18.6. The van der Waals surface area contributed by atoms with Gasteiger partial charge in [-0.15, -0.1) is 11.8 Å². The van der Waals surface area contributed by atoms with E-state index in [0.717, 1.165) is 36.0 Å². The van der Waals surface area contributed by atoms with E-state index in [1.165, 1.54) is 11.2 Å². The number of hydrogen-bond acceptors (Lipinski definition) is 4. The Kier molecular flexibility index (Phi) is 7.49. The van der Waals surface area contributed by atoms with E-state index in [1.807, 2.05) is 30.0 Å². The van der Waals surface area contributed by atoms with Gasteiger partial charge in [0.1, 0.15) is 6.33 Å². The highest BCUT2D eigenvalue weighted by Crippen LogP contribution is 2.22. The Bertz CT molecular complexity index is 864. The molecular formula is C21H26N6S. The maximum Gasteiger partial charge on any atom is 0.191 e. The minimum atomic E-state index is 0.432. The van der Waals surface area contributed by atoms with Gasteiger partial charge in [-0.3, -0.25) is 5.10 Å². The number of rotatable bonds is 8. The predicted molar refractivity (Wildman–Crippen MR) is 116 cm³/mol. The van der Waals surface area contributed by atoms with Crippen LogP contribution in [0.4, 0.5) is 0 Å². The topological polar surface area (TPSA) is 78.0 Å². The molecule has 146 valence electrons. The maximum absolute atomic E-state index is 4.72. The average Bonchev–Trinajstić information content (AvgIpc) is 3.26. The Morgan fingerprint density at radius 2 is 2.00 bits per heavy atom. The van der Waals surface area contributed by atoms with Crippen molar-refractivity contribution in [2.24, 2.45) is 4.99 Å². The van der Waals surface area contributed by atoms with Gasteiger partial charge in [-0.25, -0.2) is 9.98 Å². The molecule has 0 aliphatic heterocycles. The van der Waals surface area contributed by atoms with Crippen molar-refractivity contribution in [3.63, 3.8) is 0 Å². The zero-order chi connectivity index (χ0) is 19.6. The van der Waals surface area contributed by atoms with E-state index in [0.29, 0.717) is 11.8 Å². The quantitative estimate of drug-likeness (QED) is 0.308. The molecule has 3 rings (SSSR count). The van der Waals surface area contributed by atoms with Crippen LogP contribution in [-0.2, 0) is 6.54 Å². The summed E-state index contributed by atoms with van der Waals surface area (Å²) in [5, 5.41) is 14.0. The van der Waals surface area contributed by atoms with Gasteiger partial charge in [0.25, 0.3) is 0 Å². The fraction of sp³-hybridized carbons (Fsp3) is 0.286. The van der Waals surface area contributed by atoms with E-state index in [2.05, 4.69) is 76.1 Å². The van der Waals surface area contributed by atoms with Crippen LogP contribution >= 0.6 is 11.8 Å². The second-order valence-corrected chi connectivity index (χ2v) is 7.86. The number of aromatic amines is 1. The molecule has 0 fully saturated rings. The monoisotopic (exact) mass is 394 g/mol. The van der Waals surface area contributed by atoms with E-state index in [9.17, 15) is 0 Å². The van der Waals surface area contributed by atoms with Crippen molar-refractivity contribution in [3.8, 4) is 11.4 Å². The first kappa shape index (κ1) is 19.9. The summed E-state index contributed by atoms with van der Waals surface area (Å²) in [6.45, 7) is 6.55. The van der Waals surface area contributed by atoms with Gasteiger partial charge < -0.3 is 10.6 Å². The summed E-state index contributed by atoms with van der Waals surface area (Å²) in [7, 11) is 0. The Balaban J connectivity index is 1.57. The molecule has 1 unspecified atom stereocenters. The van der Waals surface area contributed by atoms with E-state index < -0.39 is 0 Å². The molecule has 0 bridgehead atoms. The summed E-state index contributed by atoms with van der Waals surface area (Å²) >= 11 is 1.86. The first-order chi connectivity index (χ1) is 13.7. The molecule has 0 spiro atoms. The van der Waals surface area contributed by atoms with Crippen LogP contribution in [-0.4, -0.2) is 39.5 Å². The summed E-state index contributed by atoms with van der Waals surface area (Å²) in [5.41, 5.74) is 2.13. The van der Waals surface area contributed by atoms with Crippen LogP contribution in [0, 0.1) is 0 Å². The highest BCUT2D eigenvalue weighted by Gasteiger charge is 2.06. The number of benzene rings is 2. The number of nitrogens with one attached hydrogen (secondary N) is 3. The maximum atomic E-state index is 4.72. The first-order valence-corrected chi connectivity index (χ1v) is 10.3. The smallest absolute Gasteiger partial charge is 0.191 e. The lowest BCUT2D eigenvalue weighted by molar-refractivity contribution is 0.794. The van der Waals surface area contributed by atoms with Crippen LogP contribution in [0.2, 0.25) is 0 Å². The molecule has 7 heteroatoms. The number of thioether (sulfide) groups is 1. The van der Waals surface area contributed by atoms with Crippen molar-refractivity contribution < 1.29 is 0 Å². The number of aromatic nitrogens is 3. The summed E-state index contributed by atoms with van der Waals surface area (Å²) < 4.78 is 0. The van der Waals surface area contributed by atoms with Gasteiger partial charge in [0.15, 0.2) is 11.8 Å². The van der Waals surface area contributed by atoms with Crippen molar-refractivity contribution >= 4 is 17.7 Å². The van der Waals surface area contributed by atoms with Crippen LogP contribution in [0.3, 0.4) is 0 Å². The molecule has 1 atom stereocenters. The van der Waals surface area contributed by atoms with Crippen LogP contribution in [0.15, 0.2) is 70.8 Å². The van der Waals surface area contributed by atoms with Gasteiger partial charge in [-0.1, -0.05) is 43.3 Å². The second kappa shape index (κ2) is 10.5. The zero-order valence-corrected chi connectivity index (χ0v) is 17.0. The molecule has 3 N–H and O–H groups in total. The van der Waals surface area contributed by atoms with Crippen molar-refractivity contribution in [3.05, 3.63) is 66.5 Å². The van der Waals surface area contributed by atoms with Crippen LogP contribution in [0.1, 0.15) is 19.4 Å². The third kappa shape index (κ3) is 6.13. The van der Waals surface area contributed by atoms with Gasteiger partial charge in [0, 0.05) is 28.8 Å². The van der Waals surface area contributed by atoms with Gasteiger partial charge in [0.05, 0.1) is 6.54 Å². The highest BCUT2D eigenvalue weighted by molar-refractivity contribution is 8.00. The Morgan fingerprint density at radius 3 is 2.75 bits per heavy atom. The van der Waals surface area contributed by atoms with E-state index in [-0.39, 0.29) is 0 Å². The SMILES string of the molecule is CCNC(=NCc1cccc(-c2ncn[nH]2)c1)NCC(C)Sc1ccccc1. The molecular weight excluding hydrogens is 368 g/mol. The van der Waals surface area contributed by atoms with Crippen LogP contribution in [0.5, 0.6) is 0 Å². The van der Waals surface area contributed by atoms with Crippen LogP contribution < -0.4 is 10.6 Å². The van der Waals surface area contributed by atoms with E-state index >= 15 is 0 Å². The first-order valence-electron chi connectivity index (χ1n) is 9.43. The molecule has 0 radical (unpaired) electrons. The molecule has 0 amide bonds. The molecule has 0 aliphatic carbocycles. The molecule has 28 heavy (non-hydrogen) atoms. The molecule has 3 aromatic rings. The lowest BCUT2D eigenvalue weighted by atomic mass is 10.1. The summed E-state index contributed by atoms with van der Waals surface area (Å²) in [6.07, 6.45) is 1.52. The summed E-state index contributed by atoms with van der Waals surface area (Å²) in [5.74, 6) is 1.59. The third-order valence-corrected chi connectivity index (χ3v) is 5.13. The minimum absolute atomic E-state index is 0.432. The standard InChI is InChI=1S/C21H26N6S/c1-3-22-21(23-13-16(2)28-19-10-5-4-6-11-19)24-14-17-8-7-9-18(12-17)20-25-15-26-27-20/h4-12,15-16H,3,13-14H2,1-2H3,(H2,22,23,24)(H,25,26,27). The van der Waals surface area contributed by atoms with Gasteiger partial charge in [-0.2, -0.15) is 5.10 Å². The summed E-state index contributed by atoms with van der Waals surface area (Å²) in [4.78, 5) is 10.2. The lowest BCUT2D eigenvalue weighted by Gasteiger charge is -2.16. The number of H-pyrrole nitrogens is 1. The van der Waals surface area contributed by atoms with Crippen molar-refractivity contribution in [1.29, 1.82) is 0 Å². The highest BCUT2D eigenvalue weighted by atomic mass is 32.2. The molecule has 2 aromatic carbocycles. The molecule has 0 saturated heterocycles. The molecule has 1 heterocycles. The number of nitrogens with zero attached hydrogens (tertiary/aromatic N) is 3. The normalized spacial score (nSPS) is 12.6. The van der Waals surface area contributed by atoms with E-state index in [1.54, 1.807) is 0 Å². The van der Waals surface area contributed by atoms with Crippen molar-refractivity contribution in [2.75, 3.05) is 13.1 Å². The zero-order valence-electron chi connectivity index (χ0n) is 16.2. The fourth-order valence-corrected chi connectivity index (χ4v) is 3.63.